The van der Waals surface area contributed by atoms with Gasteiger partial charge >= 0.3 is 6.03 Å². The minimum absolute atomic E-state index is 0.0746. The summed E-state index contributed by atoms with van der Waals surface area (Å²) in [5.74, 6) is -0.0746. The number of carbonyl (C=O) groups is 2. The van der Waals surface area contributed by atoms with Crippen molar-refractivity contribution in [3.8, 4) is 0 Å². The molecule has 19 heavy (non-hydrogen) atoms. The molecule has 1 radical (unpaired) electrons. The molecule has 0 N–H and O–H groups in total. The third-order valence-electron chi connectivity index (χ3n) is 3.73. The van der Waals surface area contributed by atoms with E-state index in [1.807, 2.05) is 6.92 Å². The van der Waals surface area contributed by atoms with Gasteiger partial charge in [0.05, 0.1) is 0 Å². The van der Waals surface area contributed by atoms with E-state index in [0.717, 1.165) is 6.42 Å². The van der Waals surface area contributed by atoms with E-state index in [1.54, 1.807) is 4.90 Å². The van der Waals surface area contributed by atoms with Gasteiger partial charge in [0.1, 0.15) is 6.54 Å². The van der Waals surface area contributed by atoms with Crippen LogP contribution in [0, 0.1) is 11.8 Å². The molecule has 0 unspecified atom stereocenters. The van der Waals surface area contributed by atoms with Gasteiger partial charge in [-0.05, 0) is 31.6 Å². The van der Waals surface area contributed by atoms with Gasteiger partial charge in [0.2, 0.25) is 5.91 Å². The van der Waals surface area contributed by atoms with Gasteiger partial charge in [0, 0.05) is 13.1 Å². The zero-order chi connectivity index (χ0) is 14.5. The van der Waals surface area contributed by atoms with E-state index in [1.165, 1.54) is 24.2 Å². The van der Waals surface area contributed by atoms with E-state index in [9.17, 15) is 9.59 Å². The molecule has 0 aromatic heterocycles. The SMILES string of the molecule is CCCCC(C)(C)C[CH]CN1C(=O)CN(CC)C1=O. The fraction of sp³-hybridized carbons (Fsp3) is 0.800. The lowest BCUT2D eigenvalue weighted by molar-refractivity contribution is -0.125. The number of rotatable bonds is 8. The van der Waals surface area contributed by atoms with Crippen molar-refractivity contribution in [3.63, 3.8) is 0 Å². The molecule has 1 saturated heterocycles. The van der Waals surface area contributed by atoms with Crippen LogP contribution in [-0.4, -0.2) is 41.4 Å². The molecule has 1 rings (SSSR count). The molecular weight excluding hydrogens is 240 g/mol. The molecule has 0 aliphatic carbocycles. The van der Waals surface area contributed by atoms with Gasteiger partial charge < -0.3 is 4.90 Å². The molecule has 1 aliphatic heterocycles. The summed E-state index contributed by atoms with van der Waals surface area (Å²) in [6.07, 6.45) is 6.63. The Bertz CT molecular complexity index is 326. The predicted molar refractivity (Wildman–Crippen MR) is 76.6 cm³/mol. The first-order valence-electron chi connectivity index (χ1n) is 7.32. The Kier molecular flexibility index (Phi) is 5.83. The normalized spacial score (nSPS) is 16.6. The highest BCUT2D eigenvalue weighted by molar-refractivity contribution is 6.02. The number of urea groups is 1. The summed E-state index contributed by atoms with van der Waals surface area (Å²) in [7, 11) is 0. The van der Waals surface area contributed by atoms with Crippen molar-refractivity contribution in [2.75, 3.05) is 19.6 Å². The number of unbranched alkanes of at least 4 members (excludes halogenated alkanes) is 1. The molecule has 0 spiro atoms. The van der Waals surface area contributed by atoms with E-state index in [4.69, 9.17) is 0 Å². The lowest BCUT2D eigenvalue weighted by Crippen LogP contribution is -2.34. The van der Waals surface area contributed by atoms with Gasteiger partial charge in [-0.15, -0.1) is 0 Å². The molecule has 0 atom stereocenters. The van der Waals surface area contributed by atoms with Crippen LogP contribution >= 0.6 is 0 Å². The molecule has 0 bridgehead atoms. The Balaban J connectivity index is 2.37. The van der Waals surface area contributed by atoms with Crippen LogP contribution in [0.4, 0.5) is 4.79 Å². The summed E-state index contributed by atoms with van der Waals surface area (Å²) in [4.78, 5) is 26.6. The number of likely N-dealkylation sites (N-methyl/N-ethyl adjacent to an activating group) is 1. The molecule has 1 heterocycles. The van der Waals surface area contributed by atoms with Gasteiger partial charge in [-0.1, -0.05) is 33.6 Å². The summed E-state index contributed by atoms with van der Waals surface area (Å²) in [6.45, 7) is 9.86. The van der Waals surface area contributed by atoms with Crippen LogP contribution in [0.2, 0.25) is 0 Å². The third-order valence-corrected chi connectivity index (χ3v) is 3.73. The van der Waals surface area contributed by atoms with E-state index >= 15 is 0 Å². The van der Waals surface area contributed by atoms with Gasteiger partial charge in [0.25, 0.3) is 0 Å². The van der Waals surface area contributed by atoms with Crippen molar-refractivity contribution in [2.24, 2.45) is 5.41 Å². The van der Waals surface area contributed by atoms with E-state index in [-0.39, 0.29) is 23.9 Å². The highest BCUT2D eigenvalue weighted by atomic mass is 16.2. The Morgan fingerprint density at radius 1 is 1.26 bits per heavy atom. The van der Waals surface area contributed by atoms with Crippen molar-refractivity contribution in [1.82, 2.24) is 9.80 Å². The van der Waals surface area contributed by atoms with Crippen LogP contribution in [0.15, 0.2) is 0 Å². The monoisotopic (exact) mass is 267 g/mol. The zero-order valence-corrected chi connectivity index (χ0v) is 12.7. The van der Waals surface area contributed by atoms with Gasteiger partial charge in [0.15, 0.2) is 0 Å². The number of hydrogen-bond acceptors (Lipinski definition) is 2. The summed E-state index contributed by atoms with van der Waals surface area (Å²) < 4.78 is 0. The lowest BCUT2D eigenvalue weighted by atomic mass is 9.83. The third kappa shape index (κ3) is 4.51. The van der Waals surface area contributed by atoms with Crippen LogP contribution in [0.1, 0.15) is 53.4 Å². The van der Waals surface area contributed by atoms with Crippen LogP contribution in [0.25, 0.3) is 0 Å². The quantitative estimate of drug-likeness (QED) is 0.634. The van der Waals surface area contributed by atoms with E-state index < -0.39 is 0 Å². The second-order valence-electron chi connectivity index (χ2n) is 6.06. The summed E-state index contributed by atoms with van der Waals surface area (Å²) in [6, 6.07) is -0.143. The topological polar surface area (TPSA) is 40.6 Å². The Morgan fingerprint density at radius 3 is 2.47 bits per heavy atom. The first-order chi connectivity index (χ1) is 8.91. The molecule has 1 fully saturated rings. The largest absolute Gasteiger partial charge is 0.327 e. The molecule has 0 saturated carbocycles. The van der Waals surface area contributed by atoms with Crippen molar-refractivity contribution in [1.29, 1.82) is 0 Å². The van der Waals surface area contributed by atoms with Crippen LogP contribution in [-0.2, 0) is 4.79 Å². The molecular formula is C15H27N2O2. The maximum absolute atomic E-state index is 11.9. The van der Waals surface area contributed by atoms with Crippen molar-refractivity contribution in [3.05, 3.63) is 6.42 Å². The minimum atomic E-state index is -0.143. The molecule has 1 aliphatic rings. The molecule has 0 aromatic rings. The first-order valence-corrected chi connectivity index (χ1v) is 7.32. The maximum Gasteiger partial charge on any atom is 0.327 e. The number of amides is 3. The highest BCUT2D eigenvalue weighted by Crippen LogP contribution is 2.28. The van der Waals surface area contributed by atoms with Gasteiger partial charge in [-0.2, -0.15) is 0 Å². The summed E-state index contributed by atoms with van der Waals surface area (Å²) >= 11 is 0. The number of imide groups is 1. The Hall–Kier alpha value is -1.06. The van der Waals surface area contributed by atoms with E-state index in [2.05, 4.69) is 27.2 Å². The lowest BCUT2D eigenvalue weighted by Gasteiger charge is -2.25. The smallest absolute Gasteiger partial charge is 0.315 e. The summed E-state index contributed by atoms with van der Waals surface area (Å²) in [5, 5.41) is 0. The van der Waals surface area contributed by atoms with Crippen molar-refractivity contribution >= 4 is 11.9 Å². The van der Waals surface area contributed by atoms with Crippen LogP contribution in [0.5, 0.6) is 0 Å². The highest BCUT2D eigenvalue weighted by Gasteiger charge is 2.34. The average molecular weight is 267 g/mol. The molecule has 0 aromatic carbocycles. The van der Waals surface area contributed by atoms with Crippen LogP contribution < -0.4 is 0 Å². The first kappa shape index (κ1) is 16.0. The molecule has 3 amide bonds. The van der Waals surface area contributed by atoms with Gasteiger partial charge in [-0.3, -0.25) is 9.69 Å². The fourth-order valence-electron chi connectivity index (χ4n) is 2.36. The van der Waals surface area contributed by atoms with Crippen molar-refractivity contribution in [2.45, 2.75) is 53.4 Å². The second kappa shape index (κ2) is 6.92. The summed E-state index contributed by atoms with van der Waals surface area (Å²) in [5.41, 5.74) is 0.256. The predicted octanol–water partition coefficient (Wildman–Crippen LogP) is 3.08. The standard InChI is InChI=1S/C15H27N2O2/c1-5-7-9-15(3,4)10-8-11-17-13(18)12-16(6-2)14(17)19/h8H,5-7,9-12H2,1-4H3. The number of carbonyl (C=O) groups excluding carboxylic acids is 2. The van der Waals surface area contributed by atoms with E-state index in [0.29, 0.717) is 13.1 Å². The van der Waals surface area contributed by atoms with Gasteiger partial charge in [-0.25, -0.2) is 4.79 Å². The molecule has 4 heteroatoms. The number of nitrogens with zero attached hydrogens (tertiary/aromatic N) is 2. The van der Waals surface area contributed by atoms with Crippen molar-refractivity contribution < 1.29 is 9.59 Å². The number of hydrogen-bond donors (Lipinski definition) is 0. The second-order valence-corrected chi connectivity index (χ2v) is 6.06. The Labute approximate surface area is 117 Å². The van der Waals surface area contributed by atoms with Crippen LogP contribution in [0.3, 0.4) is 0 Å². The Morgan fingerprint density at radius 2 is 1.95 bits per heavy atom. The average Bonchev–Trinajstić information content (AvgIpc) is 2.63. The molecule has 109 valence electrons. The fourth-order valence-corrected chi connectivity index (χ4v) is 2.36. The minimum Gasteiger partial charge on any atom is -0.315 e. The maximum atomic E-state index is 11.9. The zero-order valence-electron chi connectivity index (χ0n) is 12.7. The molecule has 4 nitrogen and oxygen atoms in total.